The highest BCUT2D eigenvalue weighted by Crippen LogP contribution is 2.31. The van der Waals surface area contributed by atoms with Crippen molar-refractivity contribution in [3.8, 4) is 0 Å². The van der Waals surface area contributed by atoms with Crippen molar-refractivity contribution in [2.45, 2.75) is 25.4 Å². The number of halogens is 1. The van der Waals surface area contributed by atoms with Gasteiger partial charge in [0.05, 0.1) is 5.56 Å². The monoisotopic (exact) mass is 381 g/mol. The van der Waals surface area contributed by atoms with Crippen molar-refractivity contribution in [2.75, 3.05) is 38.6 Å². The number of benzene rings is 2. The van der Waals surface area contributed by atoms with Crippen molar-refractivity contribution in [2.24, 2.45) is 5.92 Å². The van der Waals surface area contributed by atoms with Crippen LogP contribution in [0.25, 0.3) is 0 Å². The molecule has 1 amide bonds. The molecule has 0 aliphatic carbocycles. The number of nitrogens with zero attached hydrogens (tertiary/aromatic N) is 3. The zero-order valence-corrected chi connectivity index (χ0v) is 16.6. The first-order valence-electron chi connectivity index (χ1n) is 10.1. The molecule has 0 saturated carbocycles. The van der Waals surface area contributed by atoms with E-state index in [0.29, 0.717) is 5.92 Å². The van der Waals surface area contributed by atoms with Crippen LogP contribution in [0.5, 0.6) is 0 Å². The standard InChI is InChI=1S/C23H28FN3O/c1-25(2)22-6-4-3-5-21(22)23(28)27-15-18-9-12-20(27)16-26(14-18)13-17-7-10-19(24)11-8-17/h3-8,10-11,18,20H,9,12-16H2,1-2H3/t18-,20+/m0/s1. The number of fused-ring (bicyclic) bond motifs is 4. The van der Waals surface area contributed by atoms with Gasteiger partial charge >= 0.3 is 0 Å². The first kappa shape index (κ1) is 18.9. The van der Waals surface area contributed by atoms with Gasteiger partial charge in [-0.25, -0.2) is 4.39 Å². The molecule has 148 valence electrons. The van der Waals surface area contributed by atoms with Crippen LogP contribution in [0.2, 0.25) is 0 Å². The smallest absolute Gasteiger partial charge is 0.256 e. The molecule has 0 aromatic heterocycles. The highest BCUT2D eigenvalue weighted by atomic mass is 19.1. The third-order valence-corrected chi connectivity index (χ3v) is 5.99. The summed E-state index contributed by atoms with van der Waals surface area (Å²) in [6.45, 7) is 3.51. The Labute approximate surface area is 166 Å². The maximum absolute atomic E-state index is 13.4. The molecule has 3 fully saturated rings. The first-order chi connectivity index (χ1) is 13.5. The molecule has 5 heteroatoms. The van der Waals surface area contributed by atoms with Gasteiger partial charge in [-0.2, -0.15) is 0 Å². The van der Waals surface area contributed by atoms with Crippen LogP contribution in [-0.2, 0) is 6.54 Å². The Bertz CT molecular complexity index is 836. The lowest BCUT2D eigenvalue weighted by Crippen LogP contribution is -2.47. The molecule has 2 aromatic rings. The summed E-state index contributed by atoms with van der Waals surface area (Å²) in [5.41, 5.74) is 2.87. The number of piperidine rings is 1. The quantitative estimate of drug-likeness (QED) is 0.809. The highest BCUT2D eigenvalue weighted by Gasteiger charge is 2.37. The zero-order valence-electron chi connectivity index (χ0n) is 16.6. The molecule has 0 spiro atoms. The van der Waals surface area contributed by atoms with E-state index in [1.807, 2.05) is 55.4 Å². The summed E-state index contributed by atoms with van der Waals surface area (Å²) in [5.74, 6) is 0.438. The number of carbonyl (C=O) groups excluding carboxylic acids is 1. The minimum absolute atomic E-state index is 0.141. The predicted molar refractivity (Wildman–Crippen MR) is 110 cm³/mol. The molecule has 2 aromatic carbocycles. The van der Waals surface area contributed by atoms with E-state index in [4.69, 9.17) is 0 Å². The van der Waals surface area contributed by atoms with Gasteiger partial charge in [-0.1, -0.05) is 24.3 Å². The number of para-hydroxylation sites is 1. The van der Waals surface area contributed by atoms with Crippen LogP contribution in [0.4, 0.5) is 10.1 Å². The molecule has 2 atom stereocenters. The average Bonchev–Trinajstić information content (AvgIpc) is 3.00. The number of rotatable bonds is 4. The van der Waals surface area contributed by atoms with Crippen LogP contribution < -0.4 is 4.90 Å². The molecule has 3 heterocycles. The molecule has 0 radical (unpaired) electrons. The van der Waals surface area contributed by atoms with Crippen LogP contribution in [0.1, 0.15) is 28.8 Å². The van der Waals surface area contributed by atoms with Crippen LogP contribution in [0.15, 0.2) is 48.5 Å². The third-order valence-electron chi connectivity index (χ3n) is 5.99. The van der Waals surface area contributed by atoms with E-state index in [2.05, 4.69) is 9.80 Å². The second-order valence-corrected chi connectivity index (χ2v) is 8.29. The second kappa shape index (κ2) is 7.92. The molecule has 3 saturated heterocycles. The number of anilines is 1. The number of hydrogen-bond donors (Lipinski definition) is 0. The number of carbonyl (C=O) groups is 1. The Balaban J connectivity index is 1.52. The van der Waals surface area contributed by atoms with Crippen molar-refractivity contribution < 1.29 is 9.18 Å². The molecule has 0 unspecified atom stereocenters. The molecule has 4 nitrogen and oxygen atoms in total. The minimum Gasteiger partial charge on any atom is -0.377 e. The highest BCUT2D eigenvalue weighted by molar-refractivity contribution is 6.00. The SMILES string of the molecule is CN(C)c1ccccc1C(=O)N1C[C@H]2CC[C@@H]1CN(Cc1ccc(F)cc1)C2. The fourth-order valence-electron chi connectivity index (χ4n) is 4.60. The third kappa shape index (κ3) is 3.90. The second-order valence-electron chi connectivity index (χ2n) is 8.29. The van der Waals surface area contributed by atoms with Crippen molar-refractivity contribution in [1.82, 2.24) is 9.80 Å². The fraction of sp³-hybridized carbons (Fsp3) is 0.435. The topological polar surface area (TPSA) is 26.8 Å². The molecule has 5 rings (SSSR count). The van der Waals surface area contributed by atoms with E-state index in [0.717, 1.165) is 49.4 Å². The number of amides is 1. The largest absolute Gasteiger partial charge is 0.377 e. The lowest BCUT2D eigenvalue weighted by Gasteiger charge is -2.37. The van der Waals surface area contributed by atoms with Gasteiger partial charge in [-0.3, -0.25) is 9.69 Å². The maximum atomic E-state index is 13.4. The van der Waals surface area contributed by atoms with E-state index in [1.165, 1.54) is 18.6 Å². The Kier molecular flexibility index (Phi) is 5.36. The van der Waals surface area contributed by atoms with Gasteiger partial charge in [0.2, 0.25) is 0 Å². The van der Waals surface area contributed by atoms with Crippen LogP contribution >= 0.6 is 0 Å². The molecular weight excluding hydrogens is 353 g/mol. The predicted octanol–water partition coefficient (Wildman–Crippen LogP) is 3.63. The zero-order chi connectivity index (χ0) is 19.7. The summed E-state index contributed by atoms with van der Waals surface area (Å²) in [6, 6.07) is 14.9. The van der Waals surface area contributed by atoms with Gasteiger partial charge in [-0.05, 0) is 48.6 Å². The van der Waals surface area contributed by atoms with Crippen molar-refractivity contribution >= 4 is 11.6 Å². The van der Waals surface area contributed by atoms with Gasteiger partial charge in [0.25, 0.3) is 5.91 Å². The molecule has 3 aliphatic rings. The van der Waals surface area contributed by atoms with Crippen molar-refractivity contribution in [3.63, 3.8) is 0 Å². The van der Waals surface area contributed by atoms with Crippen LogP contribution in [0.3, 0.4) is 0 Å². The van der Waals surface area contributed by atoms with Gasteiger partial charge in [0.1, 0.15) is 5.82 Å². The maximum Gasteiger partial charge on any atom is 0.256 e. The van der Waals surface area contributed by atoms with E-state index in [-0.39, 0.29) is 17.8 Å². The van der Waals surface area contributed by atoms with E-state index < -0.39 is 0 Å². The Morgan fingerprint density at radius 3 is 2.54 bits per heavy atom. The molecule has 2 bridgehead atoms. The molecular formula is C23H28FN3O. The summed E-state index contributed by atoms with van der Waals surface area (Å²) in [4.78, 5) is 19.9. The molecule has 0 N–H and O–H groups in total. The summed E-state index contributed by atoms with van der Waals surface area (Å²) in [5, 5.41) is 0. The van der Waals surface area contributed by atoms with E-state index >= 15 is 0 Å². The summed E-state index contributed by atoms with van der Waals surface area (Å²) >= 11 is 0. The van der Waals surface area contributed by atoms with E-state index in [9.17, 15) is 9.18 Å². The van der Waals surface area contributed by atoms with Gasteiger partial charge in [0.15, 0.2) is 0 Å². The lowest BCUT2D eigenvalue weighted by atomic mass is 9.94. The van der Waals surface area contributed by atoms with Gasteiger partial charge in [0, 0.05) is 52.0 Å². The Morgan fingerprint density at radius 1 is 1.04 bits per heavy atom. The lowest BCUT2D eigenvalue weighted by molar-refractivity contribution is 0.0585. The molecule has 28 heavy (non-hydrogen) atoms. The Hall–Kier alpha value is -2.40. The Morgan fingerprint density at radius 2 is 1.79 bits per heavy atom. The van der Waals surface area contributed by atoms with Crippen molar-refractivity contribution in [1.29, 1.82) is 0 Å². The van der Waals surface area contributed by atoms with Crippen molar-refractivity contribution in [3.05, 3.63) is 65.5 Å². The average molecular weight is 381 g/mol. The molecule has 3 aliphatic heterocycles. The van der Waals surface area contributed by atoms with Crippen LogP contribution in [-0.4, -0.2) is 55.5 Å². The van der Waals surface area contributed by atoms with Gasteiger partial charge in [-0.15, -0.1) is 0 Å². The van der Waals surface area contributed by atoms with Gasteiger partial charge < -0.3 is 9.80 Å². The summed E-state index contributed by atoms with van der Waals surface area (Å²) in [6.07, 6.45) is 2.23. The van der Waals surface area contributed by atoms with Crippen LogP contribution in [0, 0.1) is 11.7 Å². The minimum atomic E-state index is -0.198. The summed E-state index contributed by atoms with van der Waals surface area (Å²) in [7, 11) is 3.95. The van der Waals surface area contributed by atoms with E-state index in [1.54, 1.807) is 0 Å². The summed E-state index contributed by atoms with van der Waals surface area (Å²) < 4.78 is 13.2. The first-order valence-corrected chi connectivity index (χ1v) is 10.1. The number of hydrogen-bond acceptors (Lipinski definition) is 3. The normalized spacial score (nSPS) is 22.2. The fourth-order valence-corrected chi connectivity index (χ4v) is 4.60.